The molecule has 0 aliphatic rings. The minimum atomic E-state index is -0.572. The lowest BCUT2D eigenvalue weighted by Crippen LogP contribution is -2.07. The molecule has 1 N–H and O–H groups in total. The number of carbonyl (C=O) groups excluding carboxylic acids is 1. The highest BCUT2D eigenvalue weighted by atomic mass is 35.5. The van der Waals surface area contributed by atoms with Gasteiger partial charge in [0, 0.05) is 17.8 Å². The highest BCUT2D eigenvalue weighted by molar-refractivity contribution is 6.32. The van der Waals surface area contributed by atoms with Crippen LogP contribution in [0.2, 0.25) is 5.02 Å². The number of anilines is 1. The van der Waals surface area contributed by atoms with Crippen molar-refractivity contribution in [3.05, 3.63) is 69.2 Å². The highest BCUT2D eigenvalue weighted by Crippen LogP contribution is 2.25. The summed E-state index contributed by atoms with van der Waals surface area (Å²) in [6.45, 7) is 0. The van der Waals surface area contributed by atoms with E-state index in [1.54, 1.807) is 37.4 Å². The number of nitro groups is 1. The molecule has 7 heteroatoms. The van der Waals surface area contributed by atoms with Gasteiger partial charge in [-0.25, -0.2) is 0 Å². The van der Waals surface area contributed by atoms with E-state index in [1.165, 1.54) is 24.3 Å². The topological polar surface area (TPSA) is 81.5 Å². The van der Waals surface area contributed by atoms with Crippen LogP contribution in [0.25, 0.3) is 6.08 Å². The summed E-state index contributed by atoms with van der Waals surface area (Å²) in [6.07, 6.45) is 2.76. The first-order valence-corrected chi connectivity index (χ1v) is 6.94. The quantitative estimate of drug-likeness (QED) is 0.511. The third-order valence-corrected chi connectivity index (χ3v) is 3.27. The van der Waals surface area contributed by atoms with Gasteiger partial charge in [-0.1, -0.05) is 17.7 Å². The first-order valence-electron chi connectivity index (χ1n) is 6.56. The minimum Gasteiger partial charge on any atom is -0.497 e. The third-order valence-electron chi connectivity index (χ3n) is 2.95. The van der Waals surface area contributed by atoms with Crippen LogP contribution in [0.15, 0.2) is 48.5 Å². The normalized spacial score (nSPS) is 10.5. The van der Waals surface area contributed by atoms with Crippen LogP contribution in [0.1, 0.15) is 5.56 Å². The van der Waals surface area contributed by atoms with Crippen LogP contribution in [0.4, 0.5) is 11.4 Å². The molecular formula is C16H13ClN2O4. The standard InChI is InChI=1S/C16H13ClN2O4/c1-23-13-6-4-12(5-7-13)18-16(20)9-3-11-2-8-14(17)15(10-11)19(21)22/h2-10H,1H3,(H,18,20)/b9-3+. The summed E-state index contributed by atoms with van der Waals surface area (Å²) in [5.41, 5.74) is 0.915. The third kappa shape index (κ3) is 4.55. The van der Waals surface area contributed by atoms with Gasteiger partial charge in [0.15, 0.2) is 0 Å². The Kier molecular flexibility index (Phi) is 5.32. The van der Waals surface area contributed by atoms with Gasteiger partial charge in [0.05, 0.1) is 12.0 Å². The molecule has 2 rings (SSSR count). The Hall–Kier alpha value is -2.86. The van der Waals surface area contributed by atoms with Gasteiger partial charge in [-0.15, -0.1) is 0 Å². The summed E-state index contributed by atoms with van der Waals surface area (Å²) in [4.78, 5) is 22.1. The lowest BCUT2D eigenvalue weighted by atomic mass is 10.2. The number of hydrogen-bond acceptors (Lipinski definition) is 4. The van der Waals surface area contributed by atoms with Crippen LogP contribution >= 0.6 is 11.6 Å². The van der Waals surface area contributed by atoms with Crippen molar-refractivity contribution in [2.75, 3.05) is 12.4 Å². The van der Waals surface area contributed by atoms with Crippen molar-refractivity contribution in [1.82, 2.24) is 0 Å². The summed E-state index contributed by atoms with van der Waals surface area (Å²) >= 11 is 5.73. The molecule has 0 bridgehead atoms. The molecule has 23 heavy (non-hydrogen) atoms. The molecule has 0 aliphatic carbocycles. The van der Waals surface area contributed by atoms with Gasteiger partial charge < -0.3 is 10.1 Å². The van der Waals surface area contributed by atoms with E-state index >= 15 is 0 Å². The van der Waals surface area contributed by atoms with Gasteiger partial charge in [-0.2, -0.15) is 0 Å². The Bertz CT molecular complexity index is 757. The summed E-state index contributed by atoms with van der Waals surface area (Å²) in [7, 11) is 1.56. The van der Waals surface area contributed by atoms with Gasteiger partial charge in [0.2, 0.25) is 5.91 Å². The molecule has 0 heterocycles. The number of carbonyl (C=O) groups is 1. The van der Waals surface area contributed by atoms with Crippen LogP contribution in [0.5, 0.6) is 5.75 Å². The van der Waals surface area contributed by atoms with E-state index in [4.69, 9.17) is 16.3 Å². The molecular weight excluding hydrogens is 320 g/mol. The van der Waals surface area contributed by atoms with E-state index in [0.29, 0.717) is 17.0 Å². The van der Waals surface area contributed by atoms with E-state index < -0.39 is 4.92 Å². The van der Waals surface area contributed by atoms with E-state index in [1.807, 2.05) is 0 Å². The zero-order valence-corrected chi connectivity index (χ0v) is 12.9. The van der Waals surface area contributed by atoms with Crippen molar-refractivity contribution in [2.45, 2.75) is 0 Å². The molecule has 2 aromatic carbocycles. The van der Waals surface area contributed by atoms with Crippen molar-refractivity contribution >= 4 is 35.0 Å². The van der Waals surface area contributed by atoms with Gasteiger partial charge in [0.1, 0.15) is 10.8 Å². The average molecular weight is 333 g/mol. The van der Waals surface area contributed by atoms with Crippen molar-refractivity contribution in [3.63, 3.8) is 0 Å². The molecule has 0 aromatic heterocycles. The van der Waals surface area contributed by atoms with Gasteiger partial charge in [-0.05, 0) is 42.0 Å². The maximum absolute atomic E-state index is 11.8. The zero-order valence-electron chi connectivity index (χ0n) is 12.2. The number of nitro benzene ring substituents is 1. The highest BCUT2D eigenvalue weighted by Gasteiger charge is 2.11. The smallest absolute Gasteiger partial charge is 0.288 e. The van der Waals surface area contributed by atoms with Crippen LogP contribution in [0.3, 0.4) is 0 Å². The first-order chi connectivity index (χ1) is 11.0. The number of ether oxygens (including phenoxy) is 1. The van der Waals surface area contributed by atoms with E-state index in [0.717, 1.165) is 0 Å². The Morgan fingerprint density at radius 3 is 2.57 bits per heavy atom. The van der Waals surface area contributed by atoms with Crippen molar-refractivity contribution in [1.29, 1.82) is 0 Å². The molecule has 0 atom stereocenters. The molecule has 2 aromatic rings. The van der Waals surface area contributed by atoms with Crippen LogP contribution in [0, 0.1) is 10.1 Å². The maximum atomic E-state index is 11.8. The predicted molar refractivity (Wildman–Crippen MR) is 88.8 cm³/mol. The SMILES string of the molecule is COc1ccc(NC(=O)/C=C/c2ccc(Cl)c([N+](=O)[O-])c2)cc1. The van der Waals surface area contributed by atoms with Crippen LogP contribution in [-0.2, 0) is 4.79 Å². The fraction of sp³-hybridized carbons (Fsp3) is 0.0625. The second-order valence-electron chi connectivity index (χ2n) is 4.52. The Labute approximate surface area is 137 Å². The van der Waals surface area contributed by atoms with E-state index in [2.05, 4.69) is 5.32 Å². The lowest BCUT2D eigenvalue weighted by Gasteiger charge is -2.03. The number of methoxy groups -OCH3 is 1. The number of rotatable bonds is 5. The fourth-order valence-corrected chi connectivity index (χ4v) is 1.99. The van der Waals surface area contributed by atoms with Gasteiger partial charge in [0.25, 0.3) is 5.69 Å². The molecule has 1 amide bonds. The van der Waals surface area contributed by atoms with E-state index in [-0.39, 0.29) is 16.6 Å². The average Bonchev–Trinajstić information content (AvgIpc) is 2.54. The largest absolute Gasteiger partial charge is 0.497 e. The molecule has 6 nitrogen and oxygen atoms in total. The minimum absolute atomic E-state index is 0.0508. The molecule has 0 saturated heterocycles. The lowest BCUT2D eigenvalue weighted by molar-refractivity contribution is -0.384. The second kappa shape index (κ2) is 7.42. The number of amides is 1. The summed E-state index contributed by atoms with van der Waals surface area (Å²) < 4.78 is 5.03. The summed E-state index contributed by atoms with van der Waals surface area (Å²) in [6, 6.07) is 11.2. The Balaban J connectivity index is 2.05. The summed E-state index contributed by atoms with van der Waals surface area (Å²) in [5, 5.41) is 13.5. The van der Waals surface area contributed by atoms with Gasteiger partial charge in [-0.3, -0.25) is 14.9 Å². The number of nitrogens with one attached hydrogen (secondary N) is 1. The Morgan fingerprint density at radius 1 is 1.26 bits per heavy atom. The predicted octanol–water partition coefficient (Wildman–Crippen LogP) is 3.91. The van der Waals surface area contributed by atoms with Crippen LogP contribution < -0.4 is 10.1 Å². The van der Waals surface area contributed by atoms with Crippen molar-refractivity contribution in [2.24, 2.45) is 0 Å². The molecule has 0 saturated carbocycles. The molecule has 0 fully saturated rings. The van der Waals surface area contributed by atoms with E-state index in [9.17, 15) is 14.9 Å². The molecule has 0 radical (unpaired) electrons. The number of hydrogen-bond donors (Lipinski definition) is 1. The van der Waals surface area contributed by atoms with Crippen molar-refractivity contribution < 1.29 is 14.5 Å². The first kappa shape index (κ1) is 16.5. The number of benzene rings is 2. The van der Waals surface area contributed by atoms with Gasteiger partial charge >= 0.3 is 0 Å². The zero-order chi connectivity index (χ0) is 16.8. The molecule has 0 spiro atoms. The maximum Gasteiger partial charge on any atom is 0.288 e. The Morgan fingerprint density at radius 2 is 1.96 bits per heavy atom. The number of nitrogens with zero attached hydrogens (tertiary/aromatic N) is 1. The number of halogens is 1. The molecule has 0 aliphatic heterocycles. The molecule has 118 valence electrons. The van der Waals surface area contributed by atoms with Crippen LogP contribution in [-0.4, -0.2) is 17.9 Å². The fourth-order valence-electron chi connectivity index (χ4n) is 1.80. The molecule has 0 unspecified atom stereocenters. The van der Waals surface area contributed by atoms with Crippen molar-refractivity contribution in [3.8, 4) is 5.75 Å². The summed E-state index contributed by atoms with van der Waals surface area (Å²) in [5.74, 6) is 0.333. The second-order valence-corrected chi connectivity index (χ2v) is 4.93. The monoisotopic (exact) mass is 332 g/mol.